The Kier molecular flexibility index (Phi) is 4.52. The number of hydrazine groups is 1. The van der Waals surface area contributed by atoms with Gasteiger partial charge < -0.3 is 5.73 Å². The van der Waals surface area contributed by atoms with Gasteiger partial charge >= 0.3 is 0 Å². The Morgan fingerprint density at radius 3 is 2.86 bits per heavy atom. The summed E-state index contributed by atoms with van der Waals surface area (Å²) in [6.45, 7) is 3.84. The lowest BCUT2D eigenvalue weighted by molar-refractivity contribution is 0.0936. The molecule has 28 heavy (non-hydrogen) atoms. The number of anilines is 1. The summed E-state index contributed by atoms with van der Waals surface area (Å²) in [5.41, 5.74) is 15.4. The first-order valence-electron chi connectivity index (χ1n) is 8.95. The first kappa shape index (κ1) is 17.7. The van der Waals surface area contributed by atoms with Crippen molar-refractivity contribution in [3.63, 3.8) is 0 Å². The number of nitrogens with two attached hydrogens (primary N) is 1. The van der Waals surface area contributed by atoms with Crippen LogP contribution in [0, 0.1) is 0 Å². The standard InChI is InChI=1S/C18H20N8O2/c1-10(2)15-14(21-25-26(15)17-16(19)23-28-24-17)18(27)22-20-13-9-5-7-11-6-3-4-8-12(11)13/h3-4,6,8-10,20H,5,7H2,1-2H3,(H2,19,23)(H,22,27). The van der Waals surface area contributed by atoms with Crippen molar-refractivity contribution in [2.45, 2.75) is 32.6 Å². The number of carbonyl (C=O) groups is 1. The minimum Gasteiger partial charge on any atom is -0.378 e. The maximum absolute atomic E-state index is 12.8. The molecule has 3 aromatic rings. The van der Waals surface area contributed by atoms with E-state index in [0.29, 0.717) is 5.69 Å². The van der Waals surface area contributed by atoms with Gasteiger partial charge in [-0.25, -0.2) is 4.63 Å². The van der Waals surface area contributed by atoms with E-state index in [9.17, 15) is 4.79 Å². The van der Waals surface area contributed by atoms with Crippen LogP contribution in [0.4, 0.5) is 5.82 Å². The summed E-state index contributed by atoms with van der Waals surface area (Å²) >= 11 is 0. The van der Waals surface area contributed by atoms with Crippen molar-refractivity contribution in [2.75, 3.05) is 5.73 Å². The summed E-state index contributed by atoms with van der Waals surface area (Å²) in [5, 5.41) is 15.3. The molecule has 1 aliphatic carbocycles. The van der Waals surface area contributed by atoms with Gasteiger partial charge in [-0.3, -0.25) is 15.6 Å². The zero-order valence-electron chi connectivity index (χ0n) is 15.5. The van der Waals surface area contributed by atoms with E-state index in [4.69, 9.17) is 5.73 Å². The molecule has 0 spiro atoms. The van der Waals surface area contributed by atoms with Crippen LogP contribution in [0.1, 0.15) is 53.5 Å². The number of nitrogens with one attached hydrogen (secondary N) is 2. The van der Waals surface area contributed by atoms with Crippen LogP contribution in [0.5, 0.6) is 0 Å². The van der Waals surface area contributed by atoms with Crippen molar-refractivity contribution in [3.8, 4) is 5.82 Å². The minimum absolute atomic E-state index is 0.0681. The number of hydrogen-bond acceptors (Lipinski definition) is 8. The highest BCUT2D eigenvalue weighted by Gasteiger charge is 2.26. The quantitative estimate of drug-likeness (QED) is 0.567. The second-order valence-corrected chi connectivity index (χ2v) is 6.76. The lowest BCUT2D eigenvalue weighted by Gasteiger charge is -2.19. The molecule has 0 saturated carbocycles. The van der Waals surface area contributed by atoms with Crippen LogP contribution in [0.2, 0.25) is 0 Å². The third-order valence-corrected chi connectivity index (χ3v) is 4.54. The number of hydrogen-bond donors (Lipinski definition) is 3. The molecule has 2 aromatic heterocycles. The maximum Gasteiger partial charge on any atom is 0.292 e. The zero-order chi connectivity index (χ0) is 19.7. The average Bonchev–Trinajstić information content (AvgIpc) is 3.32. The highest BCUT2D eigenvalue weighted by molar-refractivity contribution is 5.94. The number of aromatic nitrogens is 5. The second-order valence-electron chi connectivity index (χ2n) is 6.76. The number of aryl methyl sites for hydroxylation is 1. The summed E-state index contributed by atoms with van der Waals surface area (Å²) in [6, 6.07) is 8.10. The van der Waals surface area contributed by atoms with Crippen molar-refractivity contribution in [1.82, 2.24) is 36.2 Å². The highest BCUT2D eigenvalue weighted by Crippen LogP contribution is 2.25. The topological polar surface area (TPSA) is 137 Å². The lowest BCUT2D eigenvalue weighted by Crippen LogP contribution is -2.37. The monoisotopic (exact) mass is 380 g/mol. The fourth-order valence-corrected chi connectivity index (χ4v) is 3.25. The number of allylic oxidation sites excluding steroid dienone is 1. The molecule has 0 bridgehead atoms. The summed E-state index contributed by atoms with van der Waals surface area (Å²) in [6.07, 6.45) is 3.94. The van der Waals surface area contributed by atoms with Gasteiger partial charge in [0, 0.05) is 5.56 Å². The van der Waals surface area contributed by atoms with Gasteiger partial charge in [0.2, 0.25) is 11.6 Å². The summed E-state index contributed by atoms with van der Waals surface area (Å²) in [4.78, 5) is 12.8. The predicted molar refractivity (Wildman–Crippen MR) is 101 cm³/mol. The number of benzene rings is 1. The SMILES string of the molecule is CC(C)c1c(C(=O)NNC2=CCCc3ccccc32)nnn1-c1nonc1N. The third kappa shape index (κ3) is 3.08. The van der Waals surface area contributed by atoms with Crippen molar-refractivity contribution in [2.24, 2.45) is 0 Å². The molecule has 1 aliphatic rings. The van der Waals surface area contributed by atoms with Crippen LogP contribution in [-0.2, 0) is 6.42 Å². The maximum atomic E-state index is 12.8. The molecule has 0 radical (unpaired) electrons. The number of fused-ring (bicyclic) bond motifs is 1. The molecule has 2 heterocycles. The van der Waals surface area contributed by atoms with Crippen molar-refractivity contribution < 1.29 is 9.42 Å². The molecule has 0 aliphatic heterocycles. The number of amides is 1. The molecule has 10 heteroatoms. The number of nitrogens with zero attached hydrogens (tertiary/aromatic N) is 5. The molecule has 4 N–H and O–H groups in total. The molecule has 1 aromatic carbocycles. The Hall–Kier alpha value is -3.69. The molecule has 4 rings (SSSR count). The van der Waals surface area contributed by atoms with Gasteiger partial charge in [-0.15, -0.1) is 5.10 Å². The van der Waals surface area contributed by atoms with E-state index < -0.39 is 5.91 Å². The Balaban J connectivity index is 1.57. The summed E-state index contributed by atoms with van der Waals surface area (Å²) in [7, 11) is 0. The van der Waals surface area contributed by atoms with Gasteiger partial charge in [-0.2, -0.15) is 4.68 Å². The number of nitrogen functional groups attached to an aromatic ring is 1. The van der Waals surface area contributed by atoms with E-state index in [-0.39, 0.29) is 23.2 Å². The van der Waals surface area contributed by atoms with Gasteiger partial charge in [-0.1, -0.05) is 49.4 Å². The molecule has 1 amide bonds. The number of carbonyl (C=O) groups excluding carboxylic acids is 1. The first-order chi connectivity index (χ1) is 13.6. The average molecular weight is 380 g/mol. The first-order valence-corrected chi connectivity index (χ1v) is 8.95. The molecule has 0 unspecified atom stereocenters. The molecule has 0 saturated heterocycles. The fourth-order valence-electron chi connectivity index (χ4n) is 3.25. The van der Waals surface area contributed by atoms with Crippen LogP contribution in [0.25, 0.3) is 11.5 Å². The van der Waals surface area contributed by atoms with Gasteiger partial charge in [0.1, 0.15) is 0 Å². The van der Waals surface area contributed by atoms with Gasteiger partial charge in [0.15, 0.2) is 5.69 Å². The molecule has 144 valence electrons. The van der Waals surface area contributed by atoms with Crippen molar-refractivity contribution in [3.05, 3.63) is 52.9 Å². The largest absolute Gasteiger partial charge is 0.378 e. The molecular formula is C18H20N8O2. The Bertz CT molecular complexity index is 1050. The number of rotatable bonds is 5. The van der Waals surface area contributed by atoms with Gasteiger partial charge in [-0.05, 0) is 34.6 Å². The third-order valence-electron chi connectivity index (χ3n) is 4.54. The van der Waals surface area contributed by atoms with Crippen molar-refractivity contribution in [1.29, 1.82) is 0 Å². The van der Waals surface area contributed by atoms with Gasteiger partial charge in [0.05, 0.1) is 11.4 Å². The molecular weight excluding hydrogens is 360 g/mol. The van der Waals surface area contributed by atoms with E-state index >= 15 is 0 Å². The lowest BCUT2D eigenvalue weighted by atomic mass is 9.95. The predicted octanol–water partition coefficient (Wildman–Crippen LogP) is 1.58. The highest BCUT2D eigenvalue weighted by atomic mass is 16.6. The fraction of sp³-hybridized carbons (Fsp3) is 0.278. The van der Waals surface area contributed by atoms with Crippen LogP contribution in [-0.4, -0.2) is 31.2 Å². The normalized spacial score (nSPS) is 13.2. The Morgan fingerprint density at radius 2 is 2.11 bits per heavy atom. The van der Waals surface area contributed by atoms with E-state index in [1.165, 1.54) is 10.2 Å². The molecule has 0 atom stereocenters. The van der Waals surface area contributed by atoms with Crippen LogP contribution < -0.4 is 16.6 Å². The Morgan fingerprint density at radius 1 is 1.29 bits per heavy atom. The van der Waals surface area contributed by atoms with E-state index in [1.807, 2.05) is 32.0 Å². The van der Waals surface area contributed by atoms with Gasteiger partial charge in [0.25, 0.3) is 5.91 Å². The summed E-state index contributed by atoms with van der Waals surface area (Å²) < 4.78 is 6.01. The van der Waals surface area contributed by atoms with Crippen LogP contribution in [0.15, 0.2) is 35.0 Å². The second kappa shape index (κ2) is 7.14. The molecule has 0 fully saturated rings. The van der Waals surface area contributed by atoms with Crippen LogP contribution >= 0.6 is 0 Å². The Labute approximate surface area is 160 Å². The van der Waals surface area contributed by atoms with E-state index in [0.717, 1.165) is 24.1 Å². The molecule has 10 nitrogen and oxygen atoms in total. The van der Waals surface area contributed by atoms with Crippen molar-refractivity contribution >= 4 is 17.4 Å². The zero-order valence-corrected chi connectivity index (χ0v) is 15.5. The van der Waals surface area contributed by atoms with E-state index in [1.54, 1.807) is 0 Å². The van der Waals surface area contributed by atoms with Crippen LogP contribution in [0.3, 0.4) is 0 Å². The minimum atomic E-state index is -0.408. The summed E-state index contributed by atoms with van der Waals surface area (Å²) in [5.74, 6) is -0.205. The smallest absolute Gasteiger partial charge is 0.292 e. The van der Waals surface area contributed by atoms with E-state index in [2.05, 4.69) is 48.2 Å².